The Morgan fingerprint density at radius 2 is 1.85 bits per heavy atom. The highest BCUT2D eigenvalue weighted by molar-refractivity contribution is 6.02. The van der Waals surface area contributed by atoms with E-state index in [4.69, 9.17) is 0 Å². The lowest BCUT2D eigenvalue weighted by Gasteiger charge is -2.10. The summed E-state index contributed by atoms with van der Waals surface area (Å²) in [5.41, 5.74) is 0.609. The van der Waals surface area contributed by atoms with Crippen molar-refractivity contribution in [3.8, 4) is 0 Å². The van der Waals surface area contributed by atoms with Crippen molar-refractivity contribution >= 4 is 18.0 Å². The monoisotopic (exact) mass is 267 g/mol. The highest BCUT2D eigenvalue weighted by atomic mass is 16.4. The zero-order valence-electron chi connectivity index (χ0n) is 10.4. The molecule has 0 radical (unpaired) electrons. The Kier molecular flexibility index (Phi) is 4.24. The number of carboxylic acids is 1. The summed E-state index contributed by atoms with van der Waals surface area (Å²) < 4.78 is 0. The molecule has 100 valence electrons. The summed E-state index contributed by atoms with van der Waals surface area (Å²) in [7, 11) is 0. The van der Waals surface area contributed by atoms with Crippen LogP contribution in [-0.2, 0) is 4.79 Å². The summed E-state index contributed by atoms with van der Waals surface area (Å²) >= 11 is 0. The van der Waals surface area contributed by atoms with Crippen molar-refractivity contribution in [1.29, 1.82) is 0 Å². The number of hydrogen-bond acceptors (Lipinski definition) is 4. The number of rotatable bonds is 4. The first-order valence-electron chi connectivity index (χ1n) is 5.86. The summed E-state index contributed by atoms with van der Waals surface area (Å²) in [4.78, 5) is 26.8. The fraction of sp³-hybridized carbons (Fsp3) is 0. The fourth-order valence-corrected chi connectivity index (χ4v) is 1.56. The van der Waals surface area contributed by atoms with Gasteiger partial charge in [0.1, 0.15) is 0 Å². The van der Waals surface area contributed by atoms with Gasteiger partial charge in [0.05, 0.1) is 11.7 Å². The smallest absolute Gasteiger partial charge is 0.255 e. The number of carboxylic acid groups (broad SMARTS) is 1. The molecule has 0 saturated carbocycles. The van der Waals surface area contributed by atoms with Crippen LogP contribution in [0.2, 0.25) is 0 Å². The minimum atomic E-state index is -1.46. The van der Waals surface area contributed by atoms with Crippen molar-refractivity contribution in [3.63, 3.8) is 0 Å². The first-order chi connectivity index (χ1) is 9.66. The van der Waals surface area contributed by atoms with Crippen LogP contribution in [0.25, 0.3) is 6.08 Å². The summed E-state index contributed by atoms with van der Waals surface area (Å²) in [5.74, 6) is -1.97. The van der Waals surface area contributed by atoms with Gasteiger partial charge in [0.15, 0.2) is 0 Å². The van der Waals surface area contributed by atoms with Crippen LogP contribution in [0.15, 0.2) is 60.6 Å². The van der Waals surface area contributed by atoms with Crippen LogP contribution < -0.4 is 10.4 Å². The van der Waals surface area contributed by atoms with Gasteiger partial charge in [-0.2, -0.15) is 0 Å². The Morgan fingerprint density at radius 3 is 2.45 bits per heavy atom. The molecule has 1 amide bonds. The number of pyridine rings is 1. The summed E-state index contributed by atoms with van der Waals surface area (Å²) in [6, 6.07) is 11.7. The average molecular weight is 267 g/mol. The number of aliphatic carboxylic acids is 1. The maximum atomic E-state index is 11.9. The van der Waals surface area contributed by atoms with Crippen molar-refractivity contribution in [2.24, 2.45) is 0 Å². The lowest BCUT2D eigenvalue weighted by Crippen LogP contribution is -2.35. The molecule has 0 bridgehead atoms. The Hall–Kier alpha value is -2.95. The van der Waals surface area contributed by atoms with Gasteiger partial charge in [-0.1, -0.05) is 24.3 Å². The van der Waals surface area contributed by atoms with Crippen LogP contribution >= 0.6 is 0 Å². The predicted octanol–water partition coefficient (Wildman–Crippen LogP) is 0.602. The normalized spacial score (nSPS) is 10.9. The molecule has 20 heavy (non-hydrogen) atoms. The number of amides is 1. The molecule has 0 aliphatic heterocycles. The number of benzene rings is 1. The molecule has 0 aliphatic carbocycles. The van der Waals surface area contributed by atoms with Gasteiger partial charge in [0.2, 0.25) is 0 Å². The molecule has 0 fully saturated rings. The second-order valence-corrected chi connectivity index (χ2v) is 3.95. The summed E-state index contributed by atoms with van der Waals surface area (Å²) in [5, 5.41) is 13.4. The van der Waals surface area contributed by atoms with Crippen molar-refractivity contribution in [2.45, 2.75) is 0 Å². The standard InChI is InChI=1S/C15H12N2O3/c18-14(12-6-2-1-3-7-12)17-13(15(19)20)9-11-5-4-8-16-10-11/h1-10H,(H,17,18)(H,19,20)/p-1/b13-9+. The third-order valence-electron chi connectivity index (χ3n) is 2.50. The predicted molar refractivity (Wildman–Crippen MR) is 71.1 cm³/mol. The van der Waals surface area contributed by atoms with Crippen molar-refractivity contribution in [1.82, 2.24) is 10.3 Å². The molecular formula is C15H11N2O3-. The molecule has 1 aromatic heterocycles. The largest absolute Gasteiger partial charge is 0.543 e. The summed E-state index contributed by atoms with van der Waals surface area (Å²) in [6.45, 7) is 0. The Labute approximate surface area is 115 Å². The van der Waals surface area contributed by atoms with Gasteiger partial charge in [-0.25, -0.2) is 0 Å². The van der Waals surface area contributed by atoms with Gasteiger partial charge < -0.3 is 15.2 Å². The van der Waals surface area contributed by atoms with Crippen LogP contribution in [0.1, 0.15) is 15.9 Å². The average Bonchev–Trinajstić information content (AvgIpc) is 2.48. The quantitative estimate of drug-likeness (QED) is 0.822. The number of aromatic nitrogens is 1. The molecule has 0 atom stereocenters. The van der Waals surface area contributed by atoms with Gasteiger partial charge >= 0.3 is 0 Å². The Morgan fingerprint density at radius 1 is 1.10 bits per heavy atom. The second-order valence-electron chi connectivity index (χ2n) is 3.95. The molecule has 5 nitrogen and oxygen atoms in total. The maximum absolute atomic E-state index is 11.9. The van der Waals surface area contributed by atoms with Crippen LogP contribution in [0.4, 0.5) is 0 Å². The van der Waals surface area contributed by atoms with Gasteiger partial charge in [-0.3, -0.25) is 9.78 Å². The lowest BCUT2D eigenvalue weighted by molar-refractivity contribution is -0.299. The Balaban J connectivity index is 2.21. The molecular weight excluding hydrogens is 256 g/mol. The minimum absolute atomic E-state index is 0.313. The number of carbonyl (C=O) groups is 2. The van der Waals surface area contributed by atoms with Crippen molar-refractivity contribution in [2.75, 3.05) is 0 Å². The van der Waals surface area contributed by atoms with Gasteiger partial charge in [0.25, 0.3) is 5.91 Å². The zero-order valence-corrected chi connectivity index (χ0v) is 10.4. The first kappa shape index (κ1) is 13.5. The number of nitrogens with one attached hydrogen (secondary N) is 1. The number of nitrogens with zero attached hydrogens (tertiary/aromatic N) is 1. The first-order valence-corrected chi connectivity index (χ1v) is 5.86. The van der Waals surface area contributed by atoms with Gasteiger partial charge in [-0.05, 0) is 29.8 Å². The fourth-order valence-electron chi connectivity index (χ4n) is 1.56. The van der Waals surface area contributed by atoms with Crippen LogP contribution in [0, 0.1) is 0 Å². The van der Waals surface area contributed by atoms with E-state index in [9.17, 15) is 14.7 Å². The molecule has 0 saturated heterocycles. The third kappa shape index (κ3) is 3.52. The molecule has 1 N–H and O–H groups in total. The topological polar surface area (TPSA) is 82.1 Å². The SMILES string of the molecule is O=C([O-])/C(=C\c1cccnc1)NC(=O)c1ccccc1. The van der Waals surface area contributed by atoms with E-state index in [1.54, 1.807) is 48.7 Å². The van der Waals surface area contributed by atoms with Crippen LogP contribution in [-0.4, -0.2) is 16.9 Å². The highest BCUT2D eigenvalue weighted by Gasteiger charge is 2.08. The van der Waals surface area contributed by atoms with Gasteiger partial charge in [0, 0.05) is 18.0 Å². The van der Waals surface area contributed by atoms with E-state index in [0.717, 1.165) is 0 Å². The van der Waals surface area contributed by atoms with E-state index in [0.29, 0.717) is 11.1 Å². The van der Waals surface area contributed by atoms with E-state index < -0.39 is 11.9 Å². The highest BCUT2D eigenvalue weighted by Crippen LogP contribution is 2.05. The molecule has 0 unspecified atom stereocenters. The van der Waals surface area contributed by atoms with Crippen molar-refractivity contribution < 1.29 is 14.7 Å². The number of carbonyl (C=O) groups excluding carboxylic acids is 2. The third-order valence-corrected chi connectivity index (χ3v) is 2.50. The molecule has 0 spiro atoms. The van der Waals surface area contributed by atoms with E-state index in [2.05, 4.69) is 10.3 Å². The van der Waals surface area contributed by atoms with E-state index in [-0.39, 0.29) is 5.70 Å². The number of hydrogen-bond donors (Lipinski definition) is 1. The molecule has 5 heteroatoms. The van der Waals surface area contributed by atoms with Gasteiger partial charge in [-0.15, -0.1) is 0 Å². The summed E-state index contributed by atoms with van der Waals surface area (Å²) in [6.07, 6.45) is 4.35. The lowest BCUT2D eigenvalue weighted by atomic mass is 10.2. The molecule has 0 aliphatic rings. The molecule has 2 rings (SSSR count). The minimum Gasteiger partial charge on any atom is -0.543 e. The molecule has 2 aromatic rings. The van der Waals surface area contributed by atoms with Crippen molar-refractivity contribution in [3.05, 3.63) is 71.7 Å². The molecule has 1 aromatic carbocycles. The van der Waals surface area contributed by atoms with E-state index in [1.807, 2.05) is 0 Å². The maximum Gasteiger partial charge on any atom is 0.255 e. The molecule has 1 heterocycles. The van der Waals surface area contributed by atoms with E-state index in [1.165, 1.54) is 12.3 Å². The van der Waals surface area contributed by atoms with Crippen LogP contribution in [0.5, 0.6) is 0 Å². The van der Waals surface area contributed by atoms with Crippen LogP contribution in [0.3, 0.4) is 0 Å². The zero-order chi connectivity index (χ0) is 14.4. The Bertz CT molecular complexity index is 637. The second kappa shape index (κ2) is 6.29. The van der Waals surface area contributed by atoms with E-state index >= 15 is 0 Å².